The Morgan fingerprint density at radius 1 is 1.53 bits per heavy atom. The lowest BCUT2D eigenvalue weighted by Gasteiger charge is -2.22. The van der Waals surface area contributed by atoms with Crippen LogP contribution < -0.4 is 16.6 Å². The molecule has 0 fully saturated rings. The molecule has 0 aliphatic carbocycles. The number of nitrogens with zero attached hydrogens (tertiary/aromatic N) is 1. The molecule has 106 valence electrons. The number of imidazole rings is 1. The zero-order chi connectivity index (χ0) is 14.5. The summed E-state index contributed by atoms with van der Waals surface area (Å²) in [6.07, 6.45) is 2.61. The predicted octanol–water partition coefficient (Wildman–Crippen LogP) is -0.165. The monoisotopic (exact) mass is 269 g/mol. The predicted molar refractivity (Wildman–Crippen MR) is 67.8 cm³/mol. The number of nitrogens with one attached hydrogen (secondary N) is 3. The van der Waals surface area contributed by atoms with E-state index < -0.39 is 23.6 Å². The molecule has 8 heteroatoms. The van der Waals surface area contributed by atoms with Gasteiger partial charge in [-0.3, -0.25) is 10.2 Å². The molecule has 1 heterocycles. The Labute approximate surface area is 111 Å². The molecule has 0 aromatic carbocycles. The standard InChI is InChI=1S/C11H19N5O3/c1-11(2,3)19-10(18)15-8(9(17)16-12)4-7-5-13-6-14-7/h5-6,8H,4,12H2,1-3H3,(H,13,14)(H,15,18)(H,16,17)/t8-/m0/s1. The molecular formula is C11H19N5O3. The van der Waals surface area contributed by atoms with Gasteiger partial charge in [0.1, 0.15) is 11.6 Å². The number of carbonyl (C=O) groups is 2. The second kappa shape index (κ2) is 6.19. The Morgan fingerprint density at radius 3 is 2.68 bits per heavy atom. The van der Waals surface area contributed by atoms with Gasteiger partial charge in [0.15, 0.2) is 0 Å². The van der Waals surface area contributed by atoms with Crippen molar-refractivity contribution in [2.75, 3.05) is 0 Å². The maximum atomic E-state index is 11.6. The molecule has 0 unspecified atom stereocenters. The van der Waals surface area contributed by atoms with Crippen LogP contribution in [0.3, 0.4) is 0 Å². The number of aromatic nitrogens is 2. The highest BCUT2D eigenvalue weighted by atomic mass is 16.6. The van der Waals surface area contributed by atoms with Crippen molar-refractivity contribution in [3.8, 4) is 0 Å². The van der Waals surface area contributed by atoms with Gasteiger partial charge in [-0.2, -0.15) is 0 Å². The first-order chi connectivity index (χ1) is 8.81. The number of amides is 2. The van der Waals surface area contributed by atoms with E-state index in [0.29, 0.717) is 5.69 Å². The largest absolute Gasteiger partial charge is 0.444 e. The normalized spacial score (nSPS) is 12.6. The van der Waals surface area contributed by atoms with E-state index in [4.69, 9.17) is 10.6 Å². The summed E-state index contributed by atoms with van der Waals surface area (Å²) in [5.74, 6) is 4.57. The maximum absolute atomic E-state index is 11.6. The van der Waals surface area contributed by atoms with Gasteiger partial charge in [-0.15, -0.1) is 0 Å². The Balaban J connectivity index is 2.65. The van der Waals surface area contributed by atoms with E-state index in [-0.39, 0.29) is 6.42 Å². The molecule has 1 atom stereocenters. The summed E-state index contributed by atoms with van der Waals surface area (Å²) in [7, 11) is 0. The first-order valence-electron chi connectivity index (χ1n) is 5.79. The minimum Gasteiger partial charge on any atom is -0.444 e. The number of hydrogen-bond donors (Lipinski definition) is 4. The van der Waals surface area contributed by atoms with E-state index in [1.54, 1.807) is 27.0 Å². The summed E-state index contributed by atoms with van der Waals surface area (Å²) in [5.41, 5.74) is 2.06. The van der Waals surface area contributed by atoms with Gasteiger partial charge in [0.2, 0.25) is 0 Å². The minimum atomic E-state index is -0.833. The van der Waals surface area contributed by atoms with Crippen LogP contribution in [0.1, 0.15) is 26.5 Å². The molecule has 0 aliphatic rings. The van der Waals surface area contributed by atoms with Crippen molar-refractivity contribution < 1.29 is 14.3 Å². The molecule has 19 heavy (non-hydrogen) atoms. The first-order valence-corrected chi connectivity index (χ1v) is 5.79. The number of carbonyl (C=O) groups excluding carboxylic acids is 2. The van der Waals surface area contributed by atoms with E-state index in [1.165, 1.54) is 6.33 Å². The van der Waals surface area contributed by atoms with Gasteiger partial charge in [0.05, 0.1) is 6.33 Å². The second-order valence-electron chi connectivity index (χ2n) is 4.99. The van der Waals surface area contributed by atoms with Crippen LogP contribution in [-0.4, -0.2) is 33.6 Å². The molecule has 0 saturated carbocycles. The number of aromatic amines is 1. The molecule has 2 amide bonds. The van der Waals surface area contributed by atoms with Crippen LogP contribution >= 0.6 is 0 Å². The summed E-state index contributed by atoms with van der Waals surface area (Å²) < 4.78 is 5.09. The van der Waals surface area contributed by atoms with E-state index >= 15 is 0 Å². The van der Waals surface area contributed by atoms with Crippen molar-refractivity contribution in [3.05, 3.63) is 18.2 Å². The number of ether oxygens (including phenoxy) is 1. The highest BCUT2D eigenvalue weighted by Gasteiger charge is 2.24. The lowest BCUT2D eigenvalue weighted by Crippen LogP contribution is -2.51. The third-order valence-electron chi connectivity index (χ3n) is 2.13. The Kier molecular flexibility index (Phi) is 4.87. The average Bonchev–Trinajstić information content (AvgIpc) is 2.77. The molecule has 5 N–H and O–H groups in total. The molecule has 0 radical (unpaired) electrons. The Morgan fingerprint density at radius 2 is 2.21 bits per heavy atom. The van der Waals surface area contributed by atoms with Crippen molar-refractivity contribution in [1.29, 1.82) is 0 Å². The van der Waals surface area contributed by atoms with Gasteiger partial charge in [0.25, 0.3) is 5.91 Å². The van der Waals surface area contributed by atoms with Gasteiger partial charge in [0, 0.05) is 18.3 Å². The van der Waals surface area contributed by atoms with Gasteiger partial charge >= 0.3 is 6.09 Å². The summed E-state index contributed by atoms with van der Waals surface area (Å²) >= 11 is 0. The summed E-state index contributed by atoms with van der Waals surface area (Å²) in [6, 6.07) is -0.833. The SMILES string of the molecule is CC(C)(C)OC(=O)N[C@@H](Cc1cnc[nH]1)C(=O)NN. The summed E-state index contributed by atoms with van der Waals surface area (Å²) in [6.45, 7) is 5.21. The fourth-order valence-electron chi connectivity index (χ4n) is 1.38. The molecule has 0 bridgehead atoms. The van der Waals surface area contributed by atoms with E-state index in [2.05, 4.69) is 15.3 Å². The highest BCUT2D eigenvalue weighted by Crippen LogP contribution is 2.07. The third-order valence-corrected chi connectivity index (χ3v) is 2.13. The molecule has 0 aliphatic heterocycles. The van der Waals surface area contributed by atoms with Crippen LogP contribution in [0.15, 0.2) is 12.5 Å². The lowest BCUT2D eigenvalue weighted by molar-refractivity contribution is -0.123. The van der Waals surface area contributed by atoms with E-state index in [1.807, 2.05) is 5.43 Å². The van der Waals surface area contributed by atoms with Gasteiger partial charge < -0.3 is 15.0 Å². The Bertz CT molecular complexity index is 424. The highest BCUT2D eigenvalue weighted by molar-refractivity contribution is 5.85. The molecule has 0 saturated heterocycles. The fraction of sp³-hybridized carbons (Fsp3) is 0.545. The number of H-pyrrole nitrogens is 1. The minimum absolute atomic E-state index is 0.238. The zero-order valence-corrected chi connectivity index (χ0v) is 11.2. The molecule has 0 spiro atoms. The quantitative estimate of drug-likeness (QED) is 0.343. The third kappa shape index (κ3) is 5.38. The van der Waals surface area contributed by atoms with Crippen LogP contribution in [0.5, 0.6) is 0 Å². The van der Waals surface area contributed by atoms with Gasteiger partial charge in [-0.05, 0) is 20.8 Å². The van der Waals surface area contributed by atoms with Crippen LogP contribution in [0, 0.1) is 0 Å². The van der Waals surface area contributed by atoms with E-state index in [9.17, 15) is 9.59 Å². The molecule has 1 aromatic rings. The Hall–Kier alpha value is -2.09. The average molecular weight is 269 g/mol. The number of nitrogens with two attached hydrogens (primary N) is 1. The molecule has 8 nitrogen and oxygen atoms in total. The van der Waals surface area contributed by atoms with E-state index in [0.717, 1.165) is 0 Å². The van der Waals surface area contributed by atoms with Crippen molar-refractivity contribution in [2.45, 2.75) is 38.8 Å². The van der Waals surface area contributed by atoms with Crippen LogP contribution in [0.4, 0.5) is 4.79 Å². The molecule has 1 aromatic heterocycles. The number of rotatable bonds is 4. The number of alkyl carbamates (subject to hydrolysis) is 1. The fourth-order valence-corrected chi connectivity index (χ4v) is 1.38. The number of hydrazine groups is 1. The van der Waals surface area contributed by atoms with Crippen molar-refractivity contribution in [1.82, 2.24) is 20.7 Å². The van der Waals surface area contributed by atoms with Gasteiger partial charge in [-0.1, -0.05) is 0 Å². The van der Waals surface area contributed by atoms with Crippen LogP contribution in [0.2, 0.25) is 0 Å². The van der Waals surface area contributed by atoms with Gasteiger partial charge in [-0.25, -0.2) is 15.6 Å². The molecule has 1 rings (SSSR count). The summed E-state index contributed by atoms with van der Waals surface area (Å²) in [5, 5.41) is 2.46. The molecular weight excluding hydrogens is 250 g/mol. The maximum Gasteiger partial charge on any atom is 0.408 e. The first kappa shape index (κ1) is 15.0. The smallest absolute Gasteiger partial charge is 0.408 e. The van der Waals surface area contributed by atoms with Crippen molar-refractivity contribution in [3.63, 3.8) is 0 Å². The lowest BCUT2D eigenvalue weighted by atomic mass is 10.1. The second-order valence-corrected chi connectivity index (χ2v) is 4.99. The topological polar surface area (TPSA) is 122 Å². The number of hydrogen-bond acceptors (Lipinski definition) is 5. The van der Waals surface area contributed by atoms with Crippen molar-refractivity contribution >= 4 is 12.0 Å². The summed E-state index contributed by atoms with van der Waals surface area (Å²) in [4.78, 5) is 29.9. The zero-order valence-electron chi connectivity index (χ0n) is 11.2. The van der Waals surface area contributed by atoms with Crippen LogP contribution in [0.25, 0.3) is 0 Å². The van der Waals surface area contributed by atoms with Crippen molar-refractivity contribution in [2.24, 2.45) is 5.84 Å². The van der Waals surface area contributed by atoms with Crippen LogP contribution in [-0.2, 0) is 16.0 Å².